The zero-order chi connectivity index (χ0) is 9.68. The predicted octanol–water partition coefficient (Wildman–Crippen LogP) is 3.47. The molecule has 0 nitrogen and oxygen atoms in total. The summed E-state index contributed by atoms with van der Waals surface area (Å²) in [6.07, 6.45) is 4.84. The predicted molar refractivity (Wildman–Crippen MR) is 58.6 cm³/mol. The van der Waals surface area contributed by atoms with Gasteiger partial charge in [0.25, 0.3) is 0 Å². The quantitative estimate of drug-likeness (QED) is 0.703. The number of halogens is 1. The van der Waals surface area contributed by atoms with Gasteiger partial charge in [0.05, 0.1) is 0 Å². The van der Waals surface area contributed by atoms with Crippen molar-refractivity contribution in [3.05, 3.63) is 41.2 Å². The fourth-order valence-electron chi connectivity index (χ4n) is 1.15. The van der Waals surface area contributed by atoms with Gasteiger partial charge in [-0.25, -0.2) is 4.39 Å². The Morgan fingerprint density at radius 1 is 1.38 bits per heavy atom. The van der Waals surface area contributed by atoms with Gasteiger partial charge >= 0.3 is 0 Å². The van der Waals surface area contributed by atoms with Crippen LogP contribution in [0.25, 0.3) is 6.08 Å². The second kappa shape index (κ2) is 5.07. The lowest BCUT2D eigenvalue weighted by atomic mass is 10.1. The highest BCUT2D eigenvalue weighted by molar-refractivity contribution is 7.80. The monoisotopic (exact) mass is 196 g/mol. The number of thiol groups is 1. The lowest BCUT2D eigenvalue weighted by Crippen LogP contribution is -1.80. The summed E-state index contributed by atoms with van der Waals surface area (Å²) in [5, 5.41) is 0. The normalized spacial score (nSPS) is 11.0. The van der Waals surface area contributed by atoms with Crippen molar-refractivity contribution in [2.75, 3.05) is 5.75 Å². The van der Waals surface area contributed by atoms with E-state index in [0.29, 0.717) is 0 Å². The van der Waals surface area contributed by atoms with Crippen molar-refractivity contribution in [3.8, 4) is 0 Å². The summed E-state index contributed by atoms with van der Waals surface area (Å²) in [4.78, 5) is 0. The molecule has 0 saturated carbocycles. The van der Waals surface area contributed by atoms with Crippen LogP contribution in [-0.2, 0) is 0 Å². The third kappa shape index (κ3) is 3.64. The van der Waals surface area contributed by atoms with Crippen LogP contribution in [0.3, 0.4) is 0 Å². The Bertz CT molecular complexity index is 285. The van der Waals surface area contributed by atoms with E-state index in [0.717, 1.165) is 23.3 Å². The standard InChI is InChI=1S/C11H13FS/c1-9-6-10(4-2-3-5-13)8-11(12)7-9/h2,4,6-8,13H,3,5H2,1H3. The van der Waals surface area contributed by atoms with E-state index in [1.54, 1.807) is 0 Å². The van der Waals surface area contributed by atoms with Gasteiger partial charge in [-0.3, -0.25) is 0 Å². The fourth-order valence-corrected chi connectivity index (χ4v) is 1.30. The first-order valence-corrected chi connectivity index (χ1v) is 4.90. The molecule has 0 amide bonds. The van der Waals surface area contributed by atoms with Crippen LogP contribution in [0.4, 0.5) is 4.39 Å². The first kappa shape index (κ1) is 10.3. The molecule has 1 aromatic carbocycles. The molecule has 2 heteroatoms. The van der Waals surface area contributed by atoms with Crippen LogP contribution in [0.1, 0.15) is 17.5 Å². The Hall–Kier alpha value is -0.760. The zero-order valence-electron chi connectivity index (χ0n) is 7.63. The molecule has 13 heavy (non-hydrogen) atoms. The van der Waals surface area contributed by atoms with Crippen molar-refractivity contribution in [3.63, 3.8) is 0 Å². The topological polar surface area (TPSA) is 0 Å². The Morgan fingerprint density at radius 3 is 2.77 bits per heavy atom. The van der Waals surface area contributed by atoms with Crippen LogP contribution in [0, 0.1) is 12.7 Å². The average Bonchev–Trinajstić information content (AvgIpc) is 2.03. The summed E-state index contributed by atoms with van der Waals surface area (Å²) in [7, 11) is 0. The molecular weight excluding hydrogens is 183 g/mol. The van der Waals surface area contributed by atoms with Crippen molar-refractivity contribution < 1.29 is 4.39 Å². The van der Waals surface area contributed by atoms with Gasteiger partial charge in [-0.05, 0) is 42.4 Å². The Morgan fingerprint density at radius 2 is 2.15 bits per heavy atom. The van der Waals surface area contributed by atoms with E-state index in [2.05, 4.69) is 12.6 Å². The number of aryl methyl sites for hydroxylation is 1. The highest BCUT2D eigenvalue weighted by Gasteiger charge is 1.93. The molecule has 0 unspecified atom stereocenters. The molecule has 1 rings (SSSR count). The van der Waals surface area contributed by atoms with E-state index in [1.165, 1.54) is 12.1 Å². The number of hydrogen-bond acceptors (Lipinski definition) is 1. The van der Waals surface area contributed by atoms with Gasteiger partial charge in [0.1, 0.15) is 5.82 Å². The van der Waals surface area contributed by atoms with Gasteiger partial charge < -0.3 is 0 Å². The summed E-state index contributed by atoms with van der Waals surface area (Å²) >= 11 is 4.08. The number of rotatable bonds is 3. The maximum absolute atomic E-state index is 12.9. The second-order valence-corrected chi connectivity index (χ2v) is 3.42. The highest BCUT2D eigenvalue weighted by Crippen LogP contribution is 2.10. The van der Waals surface area contributed by atoms with E-state index in [4.69, 9.17) is 0 Å². The molecule has 0 atom stereocenters. The molecule has 0 spiro atoms. The molecule has 0 bridgehead atoms. The van der Waals surface area contributed by atoms with Crippen LogP contribution in [-0.4, -0.2) is 5.75 Å². The van der Waals surface area contributed by atoms with E-state index in [1.807, 2.05) is 25.1 Å². The molecular formula is C11H13FS. The number of allylic oxidation sites excluding steroid dienone is 1. The largest absolute Gasteiger partial charge is 0.207 e. The van der Waals surface area contributed by atoms with E-state index in [9.17, 15) is 4.39 Å². The SMILES string of the molecule is Cc1cc(F)cc(C=CCCS)c1. The van der Waals surface area contributed by atoms with Crippen LogP contribution >= 0.6 is 12.6 Å². The van der Waals surface area contributed by atoms with E-state index in [-0.39, 0.29) is 5.82 Å². The van der Waals surface area contributed by atoms with E-state index >= 15 is 0 Å². The number of hydrogen-bond donors (Lipinski definition) is 1. The maximum Gasteiger partial charge on any atom is 0.124 e. The minimum Gasteiger partial charge on any atom is -0.207 e. The Kier molecular flexibility index (Phi) is 4.03. The van der Waals surface area contributed by atoms with Gasteiger partial charge in [0, 0.05) is 0 Å². The van der Waals surface area contributed by atoms with Crippen LogP contribution < -0.4 is 0 Å². The molecule has 0 heterocycles. The van der Waals surface area contributed by atoms with Crippen molar-refractivity contribution in [2.24, 2.45) is 0 Å². The summed E-state index contributed by atoms with van der Waals surface area (Å²) in [6.45, 7) is 1.89. The molecule has 0 fully saturated rings. The van der Waals surface area contributed by atoms with Gasteiger partial charge in [0.15, 0.2) is 0 Å². The molecule has 0 aliphatic rings. The molecule has 0 radical (unpaired) electrons. The lowest BCUT2D eigenvalue weighted by Gasteiger charge is -1.97. The summed E-state index contributed by atoms with van der Waals surface area (Å²) in [5.74, 6) is 0.649. The van der Waals surface area contributed by atoms with Crippen molar-refractivity contribution >= 4 is 18.7 Å². The Labute approximate surface area is 83.9 Å². The molecule has 0 aliphatic carbocycles. The first-order chi connectivity index (χ1) is 6.22. The van der Waals surface area contributed by atoms with Crippen molar-refractivity contribution in [1.29, 1.82) is 0 Å². The van der Waals surface area contributed by atoms with Gasteiger partial charge in [-0.2, -0.15) is 12.6 Å². The van der Waals surface area contributed by atoms with Crippen molar-refractivity contribution in [2.45, 2.75) is 13.3 Å². The van der Waals surface area contributed by atoms with Gasteiger partial charge in [-0.1, -0.05) is 18.2 Å². The summed E-state index contributed by atoms with van der Waals surface area (Å²) < 4.78 is 12.9. The highest BCUT2D eigenvalue weighted by atomic mass is 32.1. The second-order valence-electron chi connectivity index (χ2n) is 2.98. The molecule has 0 saturated heterocycles. The summed E-state index contributed by atoms with van der Waals surface area (Å²) in [6, 6.07) is 5.01. The molecule has 0 aliphatic heterocycles. The fraction of sp³-hybridized carbons (Fsp3) is 0.273. The zero-order valence-corrected chi connectivity index (χ0v) is 8.52. The minimum absolute atomic E-state index is 0.175. The third-order valence-electron chi connectivity index (χ3n) is 1.67. The van der Waals surface area contributed by atoms with Gasteiger partial charge in [0.2, 0.25) is 0 Å². The average molecular weight is 196 g/mol. The molecule has 0 N–H and O–H groups in total. The van der Waals surface area contributed by atoms with E-state index < -0.39 is 0 Å². The smallest absolute Gasteiger partial charge is 0.124 e. The first-order valence-electron chi connectivity index (χ1n) is 4.27. The molecule has 70 valence electrons. The van der Waals surface area contributed by atoms with Crippen LogP contribution in [0.2, 0.25) is 0 Å². The Balaban J connectivity index is 2.77. The number of benzene rings is 1. The maximum atomic E-state index is 12.9. The molecule has 0 aromatic heterocycles. The van der Waals surface area contributed by atoms with Gasteiger partial charge in [-0.15, -0.1) is 0 Å². The summed E-state index contributed by atoms with van der Waals surface area (Å²) in [5.41, 5.74) is 1.87. The lowest BCUT2D eigenvalue weighted by molar-refractivity contribution is 0.626. The third-order valence-corrected chi connectivity index (χ3v) is 1.93. The van der Waals surface area contributed by atoms with Crippen molar-refractivity contribution in [1.82, 2.24) is 0 Å². The van der Waals surface area contributed by atoms with Crippen LogP contribution in [0.5, 0.6) is 0 Å². The minimum atomic E-state index is -0.175. The molecule has 1 aromatic rings. The van der Waals surface area contributed by atoms with Crippen LogP contribution in [0.15, 0.2) is 24.3 Å².